The number of carbonyl (C=O) groups is 2. The van der Waals surface area contributed by atoms with Gasteiger partial charge in [0.25, 0.3) is 10.5 Å². The Balaban J connectivity index is 1.22. The summed E-state index contributed by atoms with van der Waals surface area (Å²) < 4.78 is 0. The zero-order valence-corrected chi connectivity index (χ0v) is 19.4. The lowest BCUT2D eigenvalue weighted by Gasteiger charge is -2.75. The Bertz CT molecular complexity index is 978. The molecular formula is C28H26Cl2O2. The summed E-state index contributed by atoms with van der Waals surface area (Å²) in [5, 5.41) is -0.739. The van der Waals surface area contributed by atoms with Crippen LogP contribution in [0, 0.1) is 35.5 Å². The molecule has 9 rings (SSSR count). The highest BCUT2D eigenvalue weighted by Gasteiger charge is 2.70. The fraction of sp³-hybridized carbons (Fsp3) is 0.500. The van der Waals surface area contributed by atoms with Gasteiger partial charge in [-0.1, -0.05) is 24.3 Å². The van der Waals surface area contributed by atoms with Gasteiger partial charge in [0, 0.05) is 11.1 Å². The lowest BCUT2D eigenvalue weighted by Crippen LogP contribution is -2.69. The molecule has 0 atom stereocenters. The largest absolute Gasteiger partial charge is 0.276 e. The summed E-state index contributed by atoms with van der Waals surface area (Å²) in [6.45, 7) is 0. The van der Waals surface area contributed by atoms with Gasteiger partial charge in [0.2, 0.25) is 0 Å². The van der Waals surface area contributed by atoms with Crippen LogP contribution in [0.5, 0.6) is 0 Å². The zero-order valence-electron chi connectivity index (χ0n) is 17.9. The highest BCUT2D eigenvalue weighted by molar-refractivity contribution is 6.68. The van der Waals surface area contributed by atoms with Gasteiger partial charge in [-0.25, -0.2) is 0 Å². The van der Waals surface area contributed by atoms with Gasteiger partial charge in [0.1, 0.15) is 0 Å². The van der Waals surface area contributed by atoms with E-state index in [4.69, 9.17) is 23.2 Å². The molecule has 4 heteroatoms. The predicted octanol–water partition coefficient (Wildman–Crippen LogP) is 6.73. The van der Waals surface area contributed by atoms with Crippen LogP contribution >= 0.6 is 23.2 Å². The van der Waals surface area contributed by atoms with Gasteiger partial charge in [0.15, 0.2) is 0 Å². The summed E-state index contributed by atoms with van der Waals surface area (Å²) in [6.07, 6.45) is 7.87. The Morgan fingerprint density at radius 3 is 1.00 bits per heavy atom. The monoisotopic (exact) mass is 464 g/mol. The molecule has 0 amide bonds. The molecule has 0 radical (unpaired) electrons. The van der Waals surface area contributed by atoms with Gasteiger partial charge in [-0.3, -0.25) is 9.59 Å². The Labute approximate surface area is 198 Å². The maximum absolute atomic E-state index is 11.5. The summed E-state index contributed by atoms with van der Waals surface area (Å²) in [6, 6.07) is 16.4. The number of rotatable bonds is 4. The molecule has 7 aliphatic carbocycles. The van der Waals surface area contributed by atoms with Crippen molar-refractivity contribution in [2.24, 2.45) is 35.5 Å². The normalized spacial score (nSPS) is 42.4. The summed E-state index contributed by atoms with van der Waals surface area (Å²) in [4.78, 5) is 23.1. The fourth-order valence-electron chi connectivity index (χ4n) is 9.55. The quantitative estimate of drug-likeness (QED) is 0.470. The van der Waals surface area contributed by atoms with Crippen molar-refractivity contribution in [3.05, 3.63) is 70.8 Å². The molecule has 32 heavy (non-hydrogen) atoms. The molecule has 0 saturated heterocycles. The van der Waals surface area contributed by atoms with E-state index in [0.29, 0.717) is 22.0 Å². The van der Waals surface area contributed by atoms with Crippen LogP contribution in [0.2, 0.25) is 0 Å². The topological polar surface area (TPSA) is 34.1 Å². The fourth-order valence-corrected chi connectivity index (χ4v) is 9.80. The highest BCUT2D eigenvalue weighted by Crippen LogP contribution is 2.77. The number of hydrogen-bond acceptors (Lipinski definition) is 2. The third-order valence-electron chi connectivity index (χ3n) is 10.5. The van der Waals surface area contributed by atoms with Crippen molar-refractivity contribution in [3.63, 3.8) is 0 Å². The Morgan fingerprint density at radius 2 is 0.781 bits per heavy atom. The van der Waals surface area contributed by atoms with Crippen molar-refractivity contribution < 1.29 is 9.59 Å². The highest BCUT2D eigenvalue weighted by atomic mass is 35.5. The van der Waals surface area contributed by atoms with E-state index >= 15 is 0 Å². The first-order chi connectivity index (χ1) is 15.4. The molecule has 7 aliphatic rings. The summed E-state index contributed by atoms with van der Waals surface area (Å²) in [7, 11) is 0. The number of benzene rings is 2. The van der Waals surface area contributed by atoms with E-state index < -0.39 is 0 Å². The van der Waals surface area contributed by atoms with Crippen molar-refractivity contribution in [3.8, 4) is 0 Å². The van der Waals surface area contributed by atoms with Crippen molar-refractivity contribution in [1.82, 2.24) is 0 Å². The molecule has 2 nitrogen and oxygen atoms in total. The summed E-state index contributed by atoms with van der Waals surface area (Å²) in [5.74, 6) is 5.06. The van der Waals surface area contributed by atoms with Crippen molar-refractivity contribution >= 4 is 33.7 Å². The van der Waals surface area contributed by atoms with E-state index in [1.165, 1.54) is 49.7 Å². The van der Waals surface area contributed by atoms with E-state index in [-0.39, 0.29) is 10.5 Å². The van der Waals surface area contributed by atoms with Gasteiger partial charge < -0.3 is 0 Å². The van der Waals surface area contributed by atoms with E-state index in [0.717, 1.165) is 35.5 Å². The molecule has 2 aromatic rings. The maximum Gasteiger partial charge on any atom is 0.252 e. The van der Waals surface area contributed by atoms with E-state index in [2.05, 4.69) is 24.3 Å². The Kier molecular flexibility index (Phi) is 4.01. The first kappa shape index (κ1) is 19.8. The van der Waals surface area contributed by atoms with Crippen LogP contribution in [-0.4, -0.2) is 10.5 Å². The average Bonchev–Trinajstić information content (AvgIpc) is 2.82. The van der Waals surface area contributed by atoms with Gasteiger partial charge in [0.05, 0.1) is 0 Å². The maximum atomic E-state index is 11.5. The minimum absolute atomic E-state index is 0.303. The molecule has 0 aromatic heterocycles. The van der Waals surface area contributed by atoms with Crippen molar-refractivity contribution in [2.75, 3.05) is 0 Å². The average molecular weight is 465 g/mol. The summed E-state index contributed by atoms with van der Waals surface area (Å²) >= 11 is 11.4. The van der Waals surface area contributed by atoms with Gasteiger partial charge >= 0.3 is 0 Å². The van der Waals surface area contributed by atoms with Crippen LogP contribution < -0.4 is 0 Å². The molecular weight excluding hydrogens is 439 g/mol. The Morgan fingerprint density at radius 1 is 0.531 bits per heavy atom. The number of halogens is 2. The number of carbonyl (C=O) groups excluding carboxylic acids is 2. The van der Waals surface area contributed by atoms with Gasteiger partial charge in [-0.2, -0.15) is 0 Å². The second-order valence-corrected chi connectivity index (χ2v) is 12.2. The SMILES string of the molecule is O=C(Cl)c1ccc(C23CC4C5CC6(c7ccc(C(=O)Cl)cc7)C[C@H]4C(C2)[C@H](C6)C5C3)cc1. The zero-order chi connectivity index (χ0) is 21.8. The standard InChI is InChI=1S/C28H26Cl2O2/c29-25(31)15-1-5-17(6-2-15)27-9-19-22-12-28(18-7-3-16(4-8-18)26(30)32)13-23(19)21(11-27)24(14-28)20(22)10-27/h1-8,19-24H,9-14H2/t19-,20-,21?,22?,23?,24?,27?,28?/m0/s1. The predicted molar refractivity (Wildman–Crippen MR) is 125 cm³/mol. The molecule has 0 heterocycles. The third kappa shape index (κ3) is 2.49. The first-order valence-electron chi connectivity index (χ1n) is 12.0. The molecule has 0 spiro atoms. The van der Waals surface area contributed by atoms with Crippen LogP contribution in [0.15, 0.2) is 48.5 Å². The van der Waals surface area contributed by atoms with Crippen LogP contribution in [0.1, 0.15) is 70.4 Å². The lowest BCUT2D eigenvalue weighted by atomic mass is 9.29. The number of hydrogen-bond donors (Lipinski definition) is 0. The second-order valence-electron chi connectivity index (χ2n) is 11.5. The molecule has 0 unspecified atom stereocenters. The molecule has 7 fully saturated rings. The van der Waals surface area contributed by atoms with Gasteiger partial charge in [-0.05, 0) is 143 Å². The lowest BCUT2D eigenvalue weighted by molar-refractivity contribution is -0.221. The summed E-state index contributed by atoms with van der Waals surface area (Å²) in [5.41, 5.74) is 4.67. The van der Waals surface area contributed by atoms with Crippen LogP contribution in [0.3, 0.4) is 0 Å². The molecule has 2 aromatic carbocycles. The van der Waals surface area contributed by atoms with E-state index in [1.807, 2.05) is 24.3 Å². The molecule has 164 valence electrons. The van der Waals surface area contributed by atoms with E-state index in [9.17, 15) is 9.59 Å². The Hall–Kier alpha value is -1.64. The second kappa shape index (κ2) is 6.48. The van der Waals surface area contributed by atoms with Crippen LogP contribution in [-0.2, 0) is 10.8 Å². The molecule has 0 aliphatic heterocycles. The van der Waals surface area contributed by atoms with Crippen LogP contribution in [0.25, 0.3) is 0 Å². The van der Waals surface area contributed by atoms with Crippen molar-refractivity contribution in [2.45, 2.75) is 49.4 Å². The van der Waals surface area contributed by atoms with Gasteiger partial charge in [-0.15, -0.1) is 0 Å². The first-order valence-corrected chi connectivity index (χ1v) is 12.8. The van der Waals surface area contributed by atoms with Crippen LogP contribution in [0.4, 0.5) is 0 Å². The smallest absolute Gasteiger partial charge is 0.252 e. The molecule has 8 bridgehead atoms. The minimum Gasteiger partial charge on any atom is -0.276 e. The molecule has 7 saturated carbocycles. The third-order valence-corrected chi connectivity index (χ3v) is 10.9. The minimum atomic E-state index is -0.370. The van der Waals surface area contributed by atoms with E-state index in [1.54, 1.807) is 0 Å². The molecule has 0 N–H and O–H groups in total. The van der Waals surface area contributed by atoms with Crippen molar-refractivity contribution in [1.29, 1.82) is 0 Å².